The van der Waals surface area contributed by atoms with Gasteiger partial charge in [0, 0.05) is 13.2 Å². The standard InChI is InChI=1S/C13H16N4O2/c1-8-5-4-6-15-10(8)7-19-13(18)12-11(14)9(2)16-17(12)3/h4-6H,7,14H2,1-3H3. The van der Waals surface area contributed by atoms with Gasteiger partial charge in [-0.15, -0.1) is 0 Å². The first-order valence-electron chi connectivity index (χ1n) is 5.87. The first-order chi connectivity index (χ1) is 9.00. The van der Waals surface area contributed by atoms with E-state index in [1.165, 1.54) is 4.68 Å². The fraction of sp³-hybridized carbons (Fsp3) is 0.308. The van der Waals surface area contributed by atoms with Crippen LogP contribution in [-0.4, -0.2) is 20.7 Å². The highest BCUT2D eigenvalue weighted by atomic mass is 16.5. The van der Waals surface area contributed by atoms with Crippen LogP contribution in [0, 0.1) is 13.8 Å². The average Bonchev–Trinajstić information content (AvgIpc) is 2.62. The minimum atomic E-state index is -0.495. The van der Waals surface area contributed by atoms with Gasteiger partial charge in [0.05, 0.1) is 17.1 Å². The lowest BCUT2D eigenvalue weighted by atomic mass is 10.2. The van der Waals surface area contributed by atoms with E-state index in [0.29, 0.717) is 11.4 Å². The third-order valence-electron chi connectivity index (χ3n) is 2.92. The maximum Gasteiger partial charge on any atom is 0.359 e. The molecule has 0 aliphatic rings. The Bertz CT molecular complexity index is 619. The minimum Gasteiger partial charge on any atom is -0.454 e. The predicted molar refractivity (Wildman–Crippen MR) is 70.5 cm³/mol. The zero-order valence-electron chi connectivity index (χ0n) is 11.2. The number of carbonyl (C=O) groups is 1. The summed E-state index contributed by atoms with van der Waals surface area (Å²) in [5.74, 6) is -0.495. The van der Waals surface area contributed by atoms with Crippen molar-refractivity contribution in [2.45, 2.75) is 20.5 Å². The number of nitrogen functional groups attached to an aromatic ring is 1. The number of nitrogens with two attached hydrogens (primary N) is 1. The molecule has 0 spiro atoms. The molecule has 0 aliphatic heterocycles. The molecule has 0 saturated heterocycles. The number of esters is 1. The van der Waals surface area contributed by atoms with Gasteiger partial charge in [-0.05, 0) is 25.5 Å². The number of aromatic nitrogens is 3. The molecular weight excluding hydrogens is 244 g/mol. The lowest BCUT2D eigenvalue weighted by Crippen LogP contribution is -2.13. The smallest absolute Gasteiger partial charge is 0.359 e. The van der Waals surface area contributed by atoms with Crippen LogP contribution in [0.2, 0.25) is 0 Å². The summed E-state index contributed by atoms with van der Waals surface area (Å²) < 4.78 is 6.66. The van der Waals surface area contributed by atoms with Gasteiger partial charge in [0.25, 0.3) is 0 Å². The summed E-state index contributed by atoms with van der Waals surface area (Å²) in [5.41, 5.74) is 8.75. The van der Waals surface area contributed by atoms with Crippen molar-refractivity contribution in [3.8, 4) is 0 Å². The zero-order chi connectivity index (χ0) is 14.0. The van der Waals surface area contributed by atoms with E-state index in [9.17, 15) is 4.79 Å². The maximum absolute atomic E-state index is 12.0. The van der Waals surface area contributed by atoms with Gasteiger partial charge in [0.1, 0.15) is 6.61 Å². The monoisotopic (exact) mass is 260 g/mol. The molecule has 0 unspecified atom stereocenters. The third-order valence-corrected chi connectivity index (χ3v) is 2.92. The second-order valence-electron chi connectivity index (χ2n) is 4.31. The summed E-state index contributed by atoms with van der Waals surface area (Å²) in [6.07, 6.45) is 1.67. The molecule has 0 aromatic carbocycles. The molecule has 2 rings (SSSR count). The van der Waals surface area contributed by atoms with Gasteiger partial charge in [0.15, 0.2) is 5.69 Å². The van der Waals surface area contributed by atoms with Crippen LogP contribution in [0.4, 0.5) is 5.69 Å². The molecule has 2 N–H and O–H groups in total. The Kier molecular flexibility index (Phi) is 3.50. The summed E-state index contributed by atoms with van der Waals surface area (Å²) in [6, 6.07) is 3.75. The van der Waals surface area contributed by atoms with Gasteiger partial charge in [-0.25, -0.2) is 4.79 Å². The van der Waals surface area contributed by atoms with Crippen LogP contribution in [0.3, 0.4) is 0 Å². The molecule has 6 nitrogen and oxygen atoms in total. The van der Waals surface area contributed by atoms with E-state index < -0.39 is 5.97 Å². The van der Waals surface area contributed by atoms with E-state index in [4.69, 9.17) is 10.5 Å². The van der Waals surface area contributed by atoms with Crippen molar-refractivity contribution < 1.29 is 9.53 Å². The number of hydrogen-bond donors (Lipinski definition) is 1. The highest BCUT2D eigenvalue weighted by molar-refractivity contribution is 5.93. The van der Waals surface area contributed by atoms with Gasteiger partial charge in [0.2, 0.25) is 0 Å². The number of aryl methyl sites for hydroxylation is 3. The van der Waals surface area contributed by atoms with Crippen LogP contribution < -0.4 is 5.73 Å². The Morgan fingerprint density at radius 2 is 2.21 bits per heavy atom. The Hall–Kier alpha value is -2.37. The van der Waals surface area contributed by atoms with E-state index >= 15 is 0 Å². The summed E-state index contributed by atoms with van der Waals surface area (Å²) in [7, 11) is 1.66. The fourth-order valence-electron chi connectivity index (χ4n) is 1.79. The van der Waals surface area contributed by atoms with Crippen molar-refractivity contribution >= 4 is 11.7 Å². The SMILES string of the molecule is Cc1cccnc1COC(=O)c1c(N)c(C)nn1C. The molecule has 0 aliphatic carbocycles. The second-order valence-corrected chi connectivity index (χ2v) is 4.31. The van der Waals surface area contributed by atoms with Gasteiger partial charge in [-0.1, -0.05) is 6.07 Å². The van der Waals surface area contributed by atoms with Crippen LogP contribution in [-0.2, 0) is 18.4 Å². The quantitative estimate of drug-likeness (QED) is 0.843. The van der Waals surface area contributed by atoms with Gasteiger partial charge in [-0.3, -0.25) is 9.67 Å². The van der Waals surface area contributed by atoms with Gasteiger partial charge < -0.3 is 10.5 Å². The maximum atomic E-state index is 12.0. The number of pyridine rings is 1. The van der Waals surface area contributed by atoms with E-state index in [1.807, 2.05) is 19.1 Å². The van der Waals surface area contributed by atoms with Gasteiger partial charge >= 0.3 is 5.97 Å². The molecule has 0 bridgehead atoms. The van der Waals surface area contributed by atoms with Crippen molar-refractivity contribution in [2.24, 2.45) is 7.05 Å². The lowest BCUT2D eigenvalue weighted by Gasteiger charge is -2.07. The molecule has 100 valence electrons. The zero-order valence-corrected chi connectivity index (χ0v) is 11.2. The number of ether oxygens (including phenoxy) is 1. The first kappa shape index (κ1) is 13.1. The van der Waals surface area contributed by atoms with Crippen LogP contribution >= 0.6 is 0 Å². The van der Waals surface area contributed by atoms with Crippen molar-refractivity contribution in [1.29, 1.82) is 0 Å². The molecular formula is C13H16N4O2. The number of anilines is 1. The molecule has 0 saturated carbocycles. The van der Waals surface area contributed by atoms with Gasteiger partial charge in [-0.2, -0.15) is 5.10 Å². The Morgan fingerprint density at radius 3 is 2.79 bits per heavy atom. The second kappa shape index (κ2) is 5.09. The molecule has 0 amide bonds. The highest BCUT2D eigenvalue weighted by Gasteiger charge is 2.19. The summed E-state index contributed by atoms with van der Waals surface area (Å²) in [5, 5.41) is 4.08. The Balaban J connectivity index is 2.12. The largest absolute Gasteiger partial charge is 0.454 e. The molecule has 0 fully saturated rings. The van der Waals surface area contributed by atoms with Crippen molar-refractivity contribution in [3.63, 3.8) is 0 Å². The molecule has 2 aromatic heterocycles. The number of hydrogen-bond acceptors (Lipinski definition) is 5. The third kappa shape index (κ3) is 2.57. The molecule has 2 heterocycles. The predicted octanol–water partition coefficient (Wildman–Crippen LogP) is 1.37. The van der Waals surface area contributed by atoms with Crippen LogP contribution in [0.1, 0.15) is 27.4 Å². The van der Waals surface area contributed by atoms with E-state index in [0.717, 1.165) is 11.3 Å². The average molecular weight is 260 g/mol. The normalized spacial score (nSPS) is 10.5. The molecule has 0 radical (unpaired) electrons. The van der Waals surface area contributed by atoms with Crippen molar-refractivity contribution in [2.75, 3.05) is 5.73 Å². The summed E-state index contributed by atoms with van der Waals surface area (Å²) >= 11 is 0. The number of carbonyl (C=O) groups excluding carboxylic acids is 1. The first-order valence-corrected chi connectivity index (χ1v) is 5.87. The molecule has 19 heavy (non-hydrogen) atoms. The van der Waals surface area contributed by atoms with Crippen LogP contribution in [0.25, 0.3) is 0 Å². The lowest BCUT2D eigenvalue weighted by molar-refractivity contribution is 0.0455. The number of nitrogens with zero attached hydrogens (tertiary/aromatic N) is 3. The van der Waals surface area contributed by atoms with E-state index in [1.54, 1.807) is 20.2 Å². The Labute approximate surface area is 111 Å². The Morgan fingerprint density at radius 1 is 1.47 bits per heavy atom. The topological polar surface area (TPSA) is 83.0 Å². The summed E-state index contributed by atoms with van der Waals surface area (Å²) in [6.45, 7) is 3.78. The van der Waals surface area contributed by atoms with Crippen LogP contribution in [0.5, 0.6) is 0 Å². The molecule has 2 aromatic rings. The molecule has 0 atom stereocenters. The highest BCUT2D eigenvalue weighted by Crippen LogP contribution is 2.17. The summed E-state index contributed by atoms with van der Waals surface area (Å²) in [4.78, 5) is 16.2. The van der Waals surface area contributed by atoms with Crippen molar-refractivity contribution in [3.05, 3.63) is 41.0 Å². The van der Waals surface area contributed by atoms with E-state index in [-0.39, 0.29) is 12.3 Å². The van der Waals surface area contributed by atoms with E-state index in [2.05, 4.69) is 10.1 Å². The van der Waals surface area contributed by atoms with Crippen molar-refractivity contribution in [1.82, 2.24) is 14.8 Å². The minimum absolute atomic E-state index is 0.120. The fourth-order valence-corrected chi connectivity index (χ4v) is 1.79. The number of rotatable bonds is 3. The van der Waals surface area contributed by atoms with Crippen LogP contribution in [0.15, 0.2) is 18.3 Å². The molecule has 6 heteroatoms.